The van der Waals surface area contributed by atoms with Crippen molar-refractivity contribution in [3.63, 3.8) is 0 Å². The zero-order chi connectivity index (χ0) is 13.7. The fourth-order valence-corrected chi connectivity index (χ4v) is 3.69. The molecule has 0 spiro atoms. The van der Waals surface area contributed by atoms with Crippen LogP contribution in [0.4, 0.5) is 0 Å². The molecule has 3 heteroatoms. The Hall–Kier alpha value is -0.960. The van der Waals surface area contributed by atoms with E-state index in [1.807, 2.05) is 12.1 Å². The predicted molar refractivity (Wildman–Crippen MR) is 80.2 cm³/mol. The molecule has 19 heavy (non-hydrogen) atoms. The number of ketones is 1. The smallest absolute Gasteiger partial charge is 0.175 e. The summed E-state index contributed by atoms with van der Waals surface area (Å²) in [6.45, 7) is 2.12. The Kier molecular flexibility index (Phi) is 5.32. The predicted octanol–water partition coefficient (Wildman–Crippen LogP) is 3.30. The summed E-state index contributed by atoms with van der Waals surface area (Å²) >= 11 is 0. The lowest BCUT2D eigenvalue weighted by Gasteiger charge is -2.05. The quantitative estimate of drug-likeness (QED) is 0.566. The Bertz CT molecular complexity index is 480. The maximum atomic E-state index is 12.1. The molecule has 2 nitrogen and oxygen atoms in total. The maximum absolute atomic E-state index is 12.1. The normalized spacial score (nSPS) is 15.2. The molecule has 0 bridgehead atoms. The zero-order valence-electron chi connectivity index (χ0n) is 11.6. The van der Waals surface area contributed by atoms with E-state index < -0.39 is 10.8 Å². The molecule has 0 fully saturated rings. The molecule has 1 aromatic rings. The summed E-state index contributed by atoms with van der Waals surface area (Å²) in [7, 11) is -1.000. The van der Waals surface area contributed by atoms with Gasteiger partial charge in [0.2, 0.25) is 0 Å². The molecule has 0 saturated heterocycles. The van der Waals surface area contributed by atoms with Gasteiger partial charge in [-0.1, -0.05) is 31.9 Å². The third-order valence-corrected chi connectivity index (χ3v) is 5.02. The highest BCUT2D eigenvalue weighted by molar-refractivity contribution is 7.85. The lowest BCUT2D eigenvalue weighted by molar-refractivity contribution is 0.102. The molecule has 0 heterocycles. The van der Waals surface area contributed by atoms with Crippen molar-refractivity contribution in [1.29, 1.82) is 0 Å². The molecule has 2 rings (SSSR count). The highest BCUT2D eigenvalue weighted by Crippen LogP contribution is 2.23. The van der Waals surface area contributed by atoms with Gasteiger partial charge in [-0.05, 0) is 42.9 Å². The number of hydrogen-bond donors (Lipinski definition) is 0. The third-order valence-electron chi connectivity index (χ3n) is 3.69. The van der Waals surface area contributed by atoms with Crippen LogP contribution in [0.2, 0.25) is 0 Å². The van der Waals surface area contributed by atoms with Crippen LogP contribution in [0.1, 0.15) is 54.1 Å². The first-order chi connectivity index (χ1) is 9.20. The van der Waals surface area contributed by atoms with Gasteiger partial charge < -0.3 is 0 Å². The molecule has 1 aliphatic carbocycles. The summed E-state index contributed by atoms with van der Waals surface area (Å²) in [6.07, 6.45) is 6.58. The van der Waals surface area contributed by atoms with Crippen molar-refractivity contribution in [2.24, 2.45) is 0 Å². The number of rotatable bonds is 7. The van der Waals surface area contributed by atoms with Crippen molar-refractivity contribution in [3.05, 3.63) is 34.9 Å². The van der Waals surface area contributed by atoms with Gasteiger partial charge in [-0.25, -0.2) is 0 Å². The second-order valence-corrected chi connectivity index (χ2v) is 6.83. The number of carbonyl (C=O) groups is 1. The minimum atomic E-state index is -1.000. The standard InChI is InChI=1S/C16H22O2S/c1-2-3-4-10-19(18)12-16(17)15-9-8-13-6-5-7-14(13)11-15/h8-9,11H,2-7,10,12H2,1H3. The fourth-order valence-electron chi connectivity index (χ4n) is 2.56. The first-order valence-corrected chi connectivity index (χ1v) is 8.69. The van der Waals surface area contributed by atoms with Gasteiger partial charge in [0.05, 0.1) is 5.75 Å². The molecule has 1 aliphatic rings. The second kappa shape index (κ2) is 6.99. The van der Waals surface area contributed by atoms with Crippen molar-refractivity contribution in [1.82, 2.24) is 0 Å². The number of benzene rings is 1. The van der Waals surface area contributed by atoms with Crippen molar-refractivity contribution in [3.8, 4) is 0 Å². The molecule has 0 radical (unpaired) electrons. The summed E-state index contributed by atoms with van der Waals surface area (Å²) < 4.78 is 11.8. The summed E-state index contributed by atoms with van der Waals surface area (Å²) in [5, 5.41) is 0. The van der Waals surface area contributed by atoms with Crippen LogP contribution in [0.3, 0.4) is 0 Å². The first kappa shape index (κ1) is 14.4. The van der Waals surface area contributed by atoms with E-state index in [2.05, 4.69) is 13.0 Å². The van der Waals surface area contributed by atoms with Crippen LogP contribution in [0.25, 0.3) is 0 Å². The minimum absolute atomic E-state index is 0.0320. The van der Waals surface area contributed by atoms with Gasteiger partial charge in [0, 0.05) is 22.1 Å². The van der Waals surface area contributed by atoms with Gasteiger partial charge in [-0.3, -0.25) is 9.00 Å². The number of aryl methyl sites for hydroxylation is 2. The Balaban J connectivity index is 1.91. The number of carbonyl (C=O) groups excluding carboxylic acids is 1. The molecule has 0 saturated carbocycles. The van der Waals surface area contributed by atoms with Crippen molar-refractivity contribution in [2.45, 2.75) is 45.4 Å². The topological polar surface area (TPSA) is 34.1 Å². The molecule has 1 aromatic carbocycles. The lowest BCUT2D eigenvalue weighted by atomic mass is 10.0. The van der Waals surface area contributed by atoms with Crippen LogP contribution >= 0.6 is 0 Å². The second-order valence-electron chi connectivity index (χ2n) is 5.26. The van der Waals surface area contributed by atoms with Crippen LogP contribution in [0.15, 0.2) is 18.2 Å². The molecule has 0 aromatic heterocycles. The van der Waals surface area contributed by atoms with Crippen molar-refractivity contribution < 1.29 is 9.00 Å². The van der Waals surface area contributed by atoms with Gasteiger partial charge in [-0.15, -0.1) is 0 Å². The highest BCUT2D eigenvalue weighted by Gasteiger charge is 2.15. The van der Waals surface area contributed by atoms with E-state index in [0.717, 1.165) is 37.7 Å². The Morgan fingerprint density at radius 3 is 2.79 bits per heavy atom. The fraction of sp³-hybridized carbons (Fsp3) is 0.562. The minimum Gasteiger partial charge on any atom is -0.293 e. The largest absolute Gasteiger partial charge is 0.293 e. The summed E-state index contributed by atoms with van der Waals surface area (Å²) in [4.78, 5) is 12.1. The molecule has 1 atom stereocenters. The SMILES string of the molecule is CCCCCS(=O)CC(=O)c1ccc2c(c1)CCC2. The van der Waals surface area contributed by atoms with Gasteiger partial charge in [0.15, 0.2) is 5.78 Å². The number of unbranched alkanes of at least 4 members (excludes halogenated alkanes) is 2. The molecular weight excluding hydrogens is 256 g/mol. The van der Waals surface area contributed by atoms with Crippen LogP contribution < -0.4 is 0 Å². The molecule has 1 unspecified atom stereocenters. The summed E-state index contributed by atoms with van der Waals surface area (Å²) in [5.41, 5.74) is 3.42. The van der Waals surface area contributed by atoms with Crippen LogP contribution in [-0.4, -0.2) is 21.5 Å². The molecule has 0 N–H and O–H groups in total. The number of hydrogen-bond acceptors (Lipinski definition) is 2. The third kappa shape index (κ3) is 4.00. The van der Waals surface area contributed by atoms with Crippen molar-refractivity contribution in [2.75, 3.05) is 11.5 Å². The number of fused-ring (bicyclic) bond motifs is 1. The van der Waals surface area contributed by atoms with E-state index in [4.69, 9.17) is 0 Å². The first-order valence-electron chi connectivity index (χ1n) is 7.20. The van der Waals surface area contributed by atoms with Gasteiger partial charge >= 0.3 is 0 Å². The summed E-state index contributed by atoms with van der Waals surface area (Å²) in [5.74, 6) is 0.872. The van der Waals surface area contributed by atoms with Crippen LogP contribution in [0.5, 0.6) is 0 Å². The van der Waals surface area contributed by atoms with E-state index in [-0.39, 0.29) is 11.5 Å². The van der Waals surface area contributed by atoms with Gasteiger partial charge in [0.1, 0.15) is 0 Å². The van der Waals surface area contributed by atoms with Crippen LogP contribution in [-0.2, 0) is 23.6 Å². The van der Waals surface area contributed by atoms with Crippen LogP contribution in [0, 0.1) is 0 Å². The average molecular weight is 278 g/mol. The molecule has 0 aliphatic heterocycles. The summed E-state index contributed by atoms with van der Waals surface area (Å²) in [6, 6.07) is 5.97. The number of Topliss-reactive ketones (excluding diaryl/α,β-unsaturated/α-hetero) is 1. The Morgan fingerprint density at radius 1 is 1.21 bits per heavy atom. The lowest BCUT2D eigenvalue weighted by Crippen LogP contribution is -2.13. The van der Waals surface area contributed by atoms with Crippen molar-refractivity contribution >= 4 is 16.6 Å². The highest BCUT2D eigenvalue weighted by atomic mass is 32.2. The average Bonchev–Trinajstić information content (AvgIpc) is 2.86. The van der Waals surface area contributed by atoms with Gasteiger partial charge in [-0.2, -0.15) is 0 Å². The monoisotopic (exact) mass is 278 g/mol. The van der Waals surface area contributed by atoms with E-state index in [0.29, 0.717) is 5.75 Å². The van der Waals surface area contributed by atoms with E-state index in [1.165, 1.54) is 17.5 Å². The molecule has 104 valence electrons. The molecule has 0 amide bonds. The zero-order valence-corrected chi connectivity index (χ0v) is 12.4. The van der Waals surface area contributed by atoms with E-state index in [9.17, 15) is 9.00 Å². The van der Waals surface area contributed by atoms with E-state index >= 15 is 0 Å². The van der Waals surface area contributed by atoms with Gasteiger partial charge in [0.25, 0.3) is 0 Å². The Labute approximate surface area is 118 Å². The van der Waals surface area contributed by atoms with E-state index in [1.54, 1.807) is 0 Å². The maximum Gasteiger partial charge on any atom is 0.175 e. The molecular formula is C16H22O2S. The Morgan fingerprint density at radius 2 is 2.00 bits per heavy atom.